The number of aryl methyl sites for hydroxylation is 1. The molecular weight excluding hydrogens is 402 g/mol. The number of carbonyl (C=O) groups is 2. The highest BCUT2D eigenvalue weighted by Crippen LogP contribution is 2.28. The lowest BCUT2D eigenvalue weighted by Crippen LogP contribution is -2.24. The van der Waals surface area contributed by atoms with Gasteiger partial charge in [-0.25, -0.2) is 9.97 Å². The van der Waals surface area contributed by atoms with Crippen LogP contribution in [0.2, 0.25) is 0 Å². The Bertz CT molecular complexity index is 1470. The van der Waals surface area contributed by atoms with E-state index < -0.39 is 5.91 Å². The highest BCUT2D eigenvalue weighted by Gasteiger charge is 2.15. The van der Waals surface area contributed by atoms with Gasteiger partial charge in [0.15, 0.2) is 5.65 Å². The van der Waals surface area contributed by atoms with Gasteiger partial charge in [-0.3, -0.25) is 9.59 Å². The molecule has 32 heavy (non-hydrogen) atoms. The Kier molecular flexibility index (Phi) is 4.99. The molecule has 2 heterocycles. The van der Waals surface area contributed by atoms with E-state index in [2.05, 4.69) is 9.88 Å². The Labute approximate surface area is 183 Å². The summed E-state index contributed by atoms with van der Waals surface area (Å²) in [5.74, 6) is -0.536. The molecule has 158 valence electrons. The average molecular weight is 423 g/mol. The standard InChI is InChI=1S/C25H21N5O2/c26-24(32)17-11-9-16(10-12-17)15-27-22(31)13-14-30-21-8-4-1-5-18(21)23-25(30)29-20-7-3-2-6-19(20)28-23/h1-12H,13-15H2,(H2,26,32)(H,27,31). The maximum absolute atomic E-state index is 12.5. The molecule has 0 aliphatic heterocycles. The number of primary amides is 1. The number of hydrogen-bond donors (Lipinski definition) is 2. The van der Waals surface area contributed by atoms with Gasteiger partial charge < -0.3 is 15.6 Å². The molecule has 5 aromatic rings. The van der Waals surface area contributed by atoms with Crippen molar-refractivity contribution in [3.05, 3.63) is 83.9 Å². The second-order valence-corrected chi connectivity index (χ2v) is 7.64. The second kappa shape index (κ2) is 8.11. The number of para-hydroxylation sites is 3. The van der Waals surface area contributed by atoms with Crippen LogP contribution in [0.4, 0.5) is 0 Å². The van der Waals surface area contributed by atoms with Crippen LogP contribution in [0.25, 0.3) is 33.1 Å². The fourth-order valence-electron chi connectivity index (χ4n) is 3.90. The van der Waals surface area contributed by atoms with Gasteiger partial charge in [0.25, 0.3) is 0 Å². The van der Waals surface area contributed by atoms with E-state index in [1.165, 1.54) is 0 Å². The zero-order valence-electron chi connectivity index (χ0n) is 17.3. The molecule has 0 fully saturated rings. The number of rotatable bonds is 6. The Morgan fingerprint density at radius 2 is 1.56 bits per heavy atom. The minimum Gasteiger partial charge on any atom is -0.366 e. The number of hydrogen-bond acceptors (Lipinski definition) is 4. The molecule has 0 saturated carbocycles. The summed E-state index contributed by atoms with van der Waals surface area (Å²) >= 11 is 0. The molecule has 7 nitrogen and oxygen atoms in total. The summed E-state index contributed by atoms with van der Waals surface area (Å²) in [5.41, 5.74) is 10.9. The zero-order chi connectivity index (χ0) is 22.1. The summed E-state index contributed by atoms with van der Waals surface area (Å²) in [5, 5.41) is 3.96. The van der Waals surface area contributed by atoms with Crippen molar-refractivity contribution < 1.29 is 9.59 Å². The molecule has 0 radical (unpaired) electrons. The minimum atomic E-state index is -0.470. The first-order valence-electron chi connectivity index (χ1n) is 10.4. The van der Waals surface area contributed by atoms with Gasteiger partial charge in [-0.05, 0) is 35.9 Å². The Morgan fingerprint density at radius 1 is 0.875 bits per heavy atom. The van der Waals surface area contributed by atoms with Crippen LogP contribution in [0.5, 0.6) is 0 Å². The van der Waals surface area contributed by atoms with Crippen LogP contribution in [0.15, 0.2) is 72.8 Å². The van der Waals surface area contributed by atoms with Gasteiger partial charge in [-0.15, -0.1) is 0 Å². The fraction of sp³-hybridized carbons (Fsp3) is 0.120. The molecule has 5 rings (SSSR count). The van der Waals surface area contributed by atoms with Crippen molar-refractivity contribution in [2.45, 2.75) is 19.5 Å². The van der Waals surface area contributed by atoms with Crippen LogP contribution >= 0.6 is 0 Å². The van der Waals surface area contributed by atoms with Gasteiger partial charge in [-0.1, -0.05) is 42.5 Å². The lowest BCUT2D eigenvalue weighted by atomic mass is 10.1. The molecule has 0 aliphatic rings. The monoisotopic (exact) mass is 423 g/mol. The van der Waals surface area contributed by atoms with E-state index in [9.17, 15) is 9.59 Å². The van der Waals surface area contributed by atoms with Gasteiger partial charge in [-0.2, -0.15) is 0 Å². The van der Waals surface area contributed by atoms with E-state index in [1.54, 1.807) is 24.3 Å². The number of aromatic nitrogens is 3. The average Bonchev–Trinajstić information content (AvgIpc) is 3.12. The summed E-state index contributed by atoms with van der Waals surface area (Å²) in [6, 6.07) is 22.7. The summed E-state index contributed by atoms with van der Waals surface area (Å²) in [7, 11) is 0. The van der Waals surface area contributed by atoms with E-state index in [0.29, 0.717) is 25.1 Å². The third kappa shape index (κ3) is 3.65. The van der Waals surface area contributed by atoms with Crippen LogP contribution in [-0.2, 0) is 17.9 Å². The Balaban J connectivity index is 1.36. The van der Waals surface area contributed by atoms with Crippen molar-refractivity contribution in [1.29, 1.82) is 0 Å². The second-order valence-electron chi connectivity index (χ2n) is 7.64. The number of nitrogens with one attached hydrogen (secondary N) is 1. The molecule has 0 atom stereocenters. The quantitative estimate of drug-likeness (QED) is 0.436. The lowest BCUT2D eigenvalue weighted by Gasteiger charge is -2.09. The molecule has 3 aromatic carbocycles. The van der Waals surface area contributed by atoms with Crippen molar-refractivity contribution in [2.75, 3.05) is 0 Å². The summed E-state index contributed by atoms with van der Waals surface area (Å²) in [6.07, 6.45) is 0.307. The molecule has 0 saturated heterocycles. The third-order valence-corrected chi connectivity index (χ3v) is 5.55. The van der Waals surface area contributed by atoms with E-state index in [1.807, 2.05) is 48.5 Å². The number of benzene rings is 3. The number of fused-ring (bicyclic) bond motifs is 4. The molecular formula is C25H21N5O2. The highest BCUT2D eigenvalue weighted by molar-refractivity contribution is 6.06. The smallest absolute Gasteiger partial charge is 0.248 e. The Hall–Kier alpha value is -4.26. The molecule has 2 amide bonds. The molecule has 0 aliphatic carbocycles. The maximum atomic E-state index is 12.5. The molecule has 7 heteroatoms. The SMILES string of the molecule is NC(=O)c1ccc(CNC(=O)CCn2c3ccccc3c3nc4ccccc4nc32)cc1. The topological polar surface area (TPSA) is 103 Å². The van der Waals surface area contributed by atoms with E-state index in [4.69, 9.17) is 15.7 Å². The molecule has 0 unspecified atom stereocenters. The van der Waals surface area contributed by atoms with Gasteiger partial charge >= 0.3 is 0 Å². The normalized spacial score (nSPS) is 11.2. The van der Waals surface area contributed by atoms with Gasteiger partial charge in [0.05, 0.1) is 16.6 Å². The third-order valence-electron chi connectivity index (χ3n) is 5.55. The number of nitrogens with zero attached hydrogens (tertiary/aromatic N) is 3. The lowest BCUT2D eigenvalue weighted by molar-refractivity contribution is -0.121. The molecule has 2 aromatic heterocycles. The number of amides is 2. The minimum absolute atomic E-state index is 0.0661. The van der Waals surface area contributed by atoms with Gasteiger partial charge in [0.2, 0.25) is 11.8 Å². The van der Waals surface area contributed by atoms with Gasteiger partial charge in [0.1, 0.15) is 5.52 Å². The first-order valence-corrected chi connectivity index (χ1v) is 10.4. The number of carbonyl (C=O) groups excluding carboxylic acids is 2. The summed E-state index contributed by atoms with van der Waals surface area (Å²) in [4.78, 5) is 33.4. The van der Waals surface area contributed by atoms with Crippen molar-refractivity contribution in [3.8, 4) is 0 Å². The largest absolute Gasteiger partial charge is 0.366 e. The first kappa shape index (κ1) is 19.7. The fourth-order valence-corrected chi connectivity index (χ4v) is 3.90. The van der Waals surface area contributed by atoms with Gasteiger partial charge in [0, 0.05) is 30.5 Å². The predicted molar refractivity (Wildman–Crippen MR) is 124 cm³/mol. The van der Waals surface area contributed by atoms with E-state index in [-0.39, 0.29) is 5.91 Å². The van der Waals surface area contributed by atoms with Crippen LogP contribution in [0, 0.1) is 0 Å². The van der Waals surface area contributed by atoms with Crippen LogP contribution in [0.1, 0.15) is 22.3 Å². The van der Waals surface area contributed by atoms with Crippen molar-refractivity contribution >= 4 is 44.9 Å². The summed E-state index contributed by atoms with van der Waals surface area (Å²) in [6.45, 7) is 0.874. The van der Waals surface area contributed by atoms with Crippen LogP contribution in [0.3, 0.4) is 0 Å². The molecule has 0 bridgehead atoms. The summed E-state index contributed by atoms with van der Waals surface area (Å²) < 4.78 is 2.06. The molecule has 0 spiro atoms. The molecule has 3 N–H and O–H groups in total. The Morgan fingerprint density at radius 3 is 2.31 bits per heavy atom. The first-order chi connectivity index (χ1) is 15.6. The van der Waals surface area contributed by atoms with E-state index in [0.717, 1.165) is 38.7 Å². The highest BCUT2D eigenvalue weighted by atomic mass is 16.1. The van der Waals surface area contributed by atoms with Crippen molar-refractivity contribution in [2.24, 2.45) is 5.73 Å². The van der Waals surface area contributed by atoms with Crippen molar-refractivity contribution in [3.63, 3.8) is 0 Å². The zero-order valence-corrected chi connectivity index (χ0v) is 17.3. The van der Waals surface area contributed by atoms with Crippen LogP contribution < -0.4 is 11.1 Å². The predicted octanol–water partition coefficient (Wildman–Crippen LogP) is 3.54. The van der Waals surface area contributed by atoms with Crippen LogP contribution in [-0.4, -0.2) is 26.3 Å². The van der Waals surface area contributed by atoms with E-state index >= 15 is 0 Å². The number of nitrogens with two attached hydrogens (primary N) is 1. The maximum Gasteiger partial charge on any atom is 0.248 e. The van der Waals surface area contributed by atoms with Crippen molar-refractivity contribution in [1.82, 2.24) is 19.9 Å².